The van der Waals surface area contributed by atoms with Crippen LogP contribution < -0.4 is 5.32 Å². The summed E-state index contributed by atoms with van der Waals surface area (Å²) in [6, 6.07) is 13.4. The Bertz CT molecular complexity index is 759. The third kappa shape index (κ3) is 4.67. The maximum atomic E-state index is 13.2. The fraction of sp³-hybridized carbons (Fsp3) is 0.381. The Morgan fingerprint density at radius 1 is 1.24 bits per heavy atom. The molecule has 0 aromatic heterocycles. The summed E-state index contributed by atoms with van der Waals surface area (Å²) in [4.78, 5) is 14.4. The summed E-state index contributed by atoms with van der Waals surface area (Å²) in [5.41, 5.74) is 4.90. The molecule has 2 aromatic rings. The lowest BCUT2D eigenvalue weighted by molar-refractivity contribution is -0.121. The Labute approximate surface area is 148 Å². The van der Waals surface area contributed by atoms with Gasteiger partial charge in [-0.3, -0.25) is 9.69 Å². The summed E-state index contributed by atoms with van der Waals surface area (Å²) in [7, 11) is 2.10. The lowest BCUT2D eigenvalue weighted by atomic mass is 9.93. The van der Waals surface area contributed by atoms with Gasteiger partial charge in [0.05, 0.1) is 0 Å². The van der Waals surface area contributed by atoms with Gasteiger partial charge < -0.3 is 5.32 Å². The Morgan fingerprint density at radius 3 is 2.88 bits per heavy atom. The molecule has 0 bridgehead atoms. The maximum absolute atomic E-state index is 13.2. The average Bonchev–Trinajstić information content (AvgIpc) is 2.58. The summed E-state index contributed by atoms with van der Waals surface area (Å²) < 4.78 is 13.2. The SMILES string of the molecule is Cc1ccc2c(c1)C[C@@H](CNC(=O)CCc1cccc(F)c1)N(C)C2. The van der Waals surface area contributed by atoms with Crippen molar-refractivity contribution in [1.82, 2.24) is 10.2 Å². The van der Waals surface area contributed by atoms with E-state index < -0.39 is 0 Å². The minimum Gasteiger partial charge on any atom is -0.355 e. The molecule has 0 spiro atoms. The van der Waals surface area contributed by atoms with Crippen LogP contribution in [0.25, 0.3) is 0 Å². The second kappa shape index (κ2) is 7.79. The number of fused-ring (bicyclic) bond motifs is 1. The standard InChI is InChI=1S/C21H25FN2O/c1-15-6-8-17-14-24(2)20(12-18(17)10-15)13-23-21(25)9-7-16-4-3-5-19(22)11-16/h3-6,8,10-11,20H,7,9,12-14H2,1-2H3,(H,23,25)/t20-/m0/s1. The number of carbonyl (C=O) groups excluding carboxylic acids is 1. The van der Waals surface area contributed by atoms with Gasteiger partial charge in [-0.15, -0.1) is 0 Å². The maximum Gasteiger partial charge on any atom is 0.220 e. The van der Waals surface area contributed by atoms with Crippen LogP contribution >= 0.6 is 0 Å². The predicted octanol–water partition coefficient (Wildman–Crippen LogP) is 3.24. The number of likely N-dealkylation sites (N-methyl/N-ethyl adjacent to an activating group) is 1. The summed E-state index contributed by atoms with van der Waals surface area (Å²) in [5.74, 6) is -0.233. The van der Waals surface area contributed by atoms with Crippen molar-refractivity contribution >= 4 is 5.91 Å². The van der Waals surface area contributed by atoms with E-state index in [0.717, 1.165) is 18.5 Å². The Hall–Kier alpha value is -2.20. The third-order valence-corrected chi connectivity index (χ3v) is 4.93. The van der Waals surface area contributed by atoms with Gasteiger partial charge in [-0.2, -0.15) is 0 Å². The molecule has 1 heterocycles. The Balaban J connectivity index is 1.50. The molecule has 2 aromatic carbocycles. The first kappa shape index (κ1) is 17.6. The van der Waals surface area contributed by atoms with Crippen LogP contribution in [0.3, 0.4) is 0 Å². The van der Waals surface area contributed by atoms with Gasteiger partial charge in [0.2, 0.25) is 5.91 Å². The van der Waals surface area contributed by atoms with E-state index in [2.05, 4.69) is 42.4 Å². The first-order valence-electron chi connectivity index (χ1n) is 8.81. The average molecular weight is 340 g/mol. The van der Waals surface area contributed by atoms with Gasteiger partial charge in [0.25, 0.3) is 0 Å². The fourth-order valence-electron chi connectivity index (χ4n) is 3.40. The van der Waals surface area contributed by atoms with Gasteiger partial charge in [-0.1, -0.05) is 35.9 Å². The smallest absolute Gasteiger partial charge is 0.220 e. The van der Waals surface area contributed by atoms with Gasteiger partial charge in [0.1, 0.15) is 5.82 Å². The van der Waals surface area contributed by atoms with Crippen LogP contribution in [-0.2, 0) is 24.2 Å². The van der Waals surface area contributed by atoms with E-state index in [-0.39, 0.29) is 11.7 Å². The van der Waals surface area contributed by atoms with E-state index in [4.69, 9.17) is 0 Å². The molecule has 132 valence electrons. The number of hydrogen-bond donors (Lipinski definition) is 1. The van der Waals surface area contributed by atoms with Gasteiger partial charge in [0, 0.05) is 25.6 Å². The van der Waals surface area contributed by atoms with Crippen molar-refractivity contribution in [3.8, 4) is 0 Å². The monoisotopic (exact) mass is 340 g/mol. The summed E-state index contributed by atoms with van der Waals surface area (Å²) in [6.07, 6.45) is 1.90. The van der Waals surface area contributed by atoms with E-state index in [1.165, 1.54) is 28.8 Å². The molecule has 3 nitrogen and oxygen atoms in total. The molecule has 1 amide bonds. The van der Waals surface area contributed by atoms with Crippen molar-refractivity contribution < 1.29 is 9.18 Å². The molecule has 3 rings (SSSR count). The van der Waals surface area contributed by atoms with Crippen molar-refractivity contribution in [3.05, 3.63) is 70.5 Å². The van der Waals surface area contributed by atoms with E-state index in [0.29, 0.717) is 25.4 Å². The van der Waals surface area contributed by atoms with Crippen LogP contribution in [0.15, 0.2) is 42.5 Å². The Kier molecular flexibility index (Phi) is 5.49. The van der Waals surface area contributed by atoms with Crippen molar-refractivity contribution in [2.75, 3.05) is 13.6 Å². The molecule has 0 saturated carbocycles. The highest BCUT2D eigenvalue weighted by atomic mass is 19.1. The van der Waals surface area contributed by atoms with Gasteiger partial charge in [0.15, 0.2) is 0 Å². The molecule has 0 aliphatic carbocycles. The van der Waals surface area contributed by atoms with E-state index in [1.807, 2.05) is 6.07 Å². The van der Waals surface area contributed by atoms with Crippen LogP contribution in [-0.4, -0.2) is 30.4 Å². The number of rotatable bonds is 5. The molecular weight excluding hydrogens is 315 g/mol. The summed E-state index contributed by atoms with van der Waals surface area (Å²) in [5, 5.41) is 3.04. The van der Waals surface area contributed by atoms with Gasteiger partial charge in [-0.05, 0) is 55.6 Å². The second-order valence-electron chi connectivity index (χ2n) is 6.98. The molecule has 4 heteroatoms. The van der Waals surface area contributed by atoms with Crippen LogP contribution in [0.5, 0.6) is 0 Å². The highest BCUT2D eigenvalue weighted by molar-refractivity contribution is 5.76. The van der Waals surface area contributed by atoms with Gasteiger partial charge >= 0.3 is 0 Å². The molecule has 1 aliphatic rings. The van der Waals surface area contributed by atoms with E-state index in [1.54, 1.807) is 6.07 Å². The van der Waals surface area contributed by atoms with Crippen molar-refractivity contribution in [3.63, 3.8) is 0 Å². The number of nitrogens with zero attached hydrogens (tertiary/aromatic N) is 1. The number of aryl methyl sites for hydroxylation is 2. The topological polar surface area (TPSA) is 32.3 Å². The highest BCUT2D eigenvalue weighted by Gasteiger charge is 2.23. The summed E-state index contributed by atoms with van der Waals surface area (Å²) >= 11 is 0. The van der Waals surface area contributed by atoms with Crippen molar-refractivity contribution in [1.29, 1.82) is 0 Å². The zero-order chi connectivity index (χ0) is 17.8. The zero-order valence-corrected chi connectivity index (χ0v) is 14.9. The number of benzene rings is 2. The predicted molar refractivity (Wildman–Crippen MR) is 97.9 cm³/mol. The number of hydrogen-bond acceptors (Lipinski definition) is 2. The summed E-state index contributed by atoms with van der Waals surface area (Å²) in [6.45, 7) is 3.67. The largest absolute Gasteiger partial charge is 0.355 e. The fourth-order valence-corrected chi connectivity index (χ4v) is 3.40. The van der Waals surface area contributed by atoms with Crippen LogP contribution in [0.2, 0.25) is 0 Å². The molecular formula is C21H25FN2O. The molecule has 1 aliphatic heterocycles. The third-order valence-electron chi connectivity index (χ3n) is 4.93. The zero-order valence-electron chi connectivity index (χ0n) is 14.9. The molecule has 25 heavy (non-hydrogen) atoms. The molecule has 0 fully saturated rings. The molecule has 0 unspecified atom stereocenters. The lowest BCUT2D eigenvalue weighted by Crippen LogP contribution is -2.45. The van der Waals surface area contributed by atoms with Gasteiger partial charge in [-0.25, -0.2) is 4.39 Å². The highest BCUT2D eigenvalue weighted by Crippen LogP contribution is 2.23. The normalized spacial score (nSPS) is 17.2. The minimum atomic E-state index is -0.254. The lowest BCUT2D eigenvalue weighted by Gasteiger charge is -2.34. The molecule has 0 radical (unpaired) electrons. The molecule has 1 atom stereocenters. The van der Waals surface area contributed by atoms with E-state index in [9.17, 15) is 9.18 Å². The number of halogens is 1. The quantitative estimate of drug-likeness (QED) is 0.906. The van der Waals surface area contributed by atoms with Crippen molar-refractivity contribution in [2.45, 2.75) is 38.8 Å². The first-order chi connectivity index (χ1) is 12.0. The number of carbonyl (C=O) groups is 1. The molecule has 1 N–H and O–H groups in total. The Morgan fingerprint density at radius 2 is 2.08 bits per heavy atom. The second-order valence-corrected chi connectivity index (χ2v) is 6.98. The first-order valence-corrected chi connectivity index (χ1v) is 8.81. The van der Waals surface area contributed by atoms with Crippen LogP contribution in [0.4, 0.5) is 4.39 Å². The van der Waals surface area contributed by atoms with Crippen molar-refractivity contribution in [2.24, 2.45) is 0 Å². The van der Waals surface area contributed by atoms with Crippen LogP contribution in [0.1, 0.15) is 28.7 Å². The number of amides is 1. The molecule has 0 saturated heterocycles. The van der Waals surface area contributed by atoms with E-state index >= 15 is 0 Å². The van der Waals surface area contributed by atoms with Crippen LogP contribution in [0, 0.1) is 12.7 Å². The minimum absolute atomic E-state index is 0.0210. The number of nitrogens with one attached hydrogen (secondary N) is 1.